The van der Waals surface area contributed by atoms with E-state index in [0.29, 0.717) is 63.9 Å². The number of rotatable bonds is 18. The molecule has 0 radical (unpaired) electrons. The largest absolute Gasteiger partial charge is 0.450 e. The minimum absolute atomic E-state index is 0.141. The van der Waals surface area contributed by atoms with Crippen LogP contribution in [0, 0.1) is 28.6 Å². The second kappa shape index (κ2) is 17.1. The summed E-state index contributed by atoms with van der Waals surface area (Å²) in [6, 6.07) is 0. The van der Waals surface area contributed by atoms with Crippen molar-refractivity contribution < 1.29 is 43.3 Å². The highest BCUT2D eigenvalue weighted by atomic mass is 19.1. The minimum Gasteiger partial charge on any atom is -0.450 e. The molecule has 0 aromatic rings. The van der Waals surface area contributed by atoms with Crippen molar-refractivity contribution in [2.75, 3.05) is 45.9 Å². The van der Waals surface area contributed by atoms with E-state index in [4.69, 9.17) is 15.2 Å². The van der Waals surface area contributed by atoms with Crippen LogP contribution in [-0.4, -0.2) is 97.3 Å². The van der Waals surface area contributed by atoms with Crippen LogP contribution in [0.25, 0.3) is 0 Å². The fourth-order valence-electron chi connectivity index (χ4n) is 9.34. The van der Waals surface area contributed by atoms with Crippen molar-refractivity contribution >= 4 is 23.8 Å². The second-order valence-electron chi connectivity index (χ2n) is 15.2. The van der Waals surface area contributed by atoms with Crippen LogP contribution in [-0.2, 0) is 19.1 Å². The average molecular weight is 707 g/mol. The third-order valence-electron chi connectivity index (χ3n) is 12.2. The first-order chi connectivity index (χ1) is 23.8. The van der Waals surface area contributed by atoms with E-state index in [0.717, 1.165) is 45.2 Å². The predicted molar refractivity (Wildman–Crippen MR) is 186 cm³/mol. The Kier molecular flexibility index (Phi) is 13.6. The van der Waals surface area contributed by atoms with E-state index in [1.54, 1.807) is 26.8 Å². The monoisotopic (exact) mass is 706 g/mol. The predicted octanol–water partition coefficient (Wildman–Crippen LogP) is 3.63. The number of ether oxygens (including phenoxy) is 2. The van der Waals surface area contributed by atoms with Crippen molar-refractivity contribution in [1.82, 2.24) is 16.0 Å². The molecule has 0 aromatic heterocycles. The number of carbonyl (C=O) groups is 4. The Hall–Kier alpha value is -2.87. The number of alkyl carbamates (subject to hydrolysis) is 2. The summed E-state index contributed by atoms with van der Waals surface area (Å²) in [5, 5.41) is 32.2. The van der Waals surface area contributed by atoms with Crippen LogP contribution < -0.4 is 21.7 Å². The molecule has 0 aliphatic heterocycles. The Morgan fingerprint density at radius 2 is 1.62 bits per heavy atom. The summed E-state index contributed by atoms with van der Waals surface area (Å²) < 4.78 is 27.8. The van der Waals surface area contributed by atoms with Gasteiger partial charge in [-0.25, -0.2) is 14.0 Å². The van der Waals surface area contributed by atoms with Crippen LogP contribution in [0.15, 0.2) is 23.8 Å². The Morgan fingerprint density at radius 3 is 2.36 bits per heavy atom. The van der Waals surface area contributed by atoms with Gasteiger partial charge < -0.3 is 41.4 Å². The van der Waals surface area contributed by atoms with Crippen molar-refractivity contribution in [3.63, 3.8) is 0 Å². The molecule has 0 spiro atoms. The van der Waals surface area contributed by atoms with Gasteiger partial charge in [0.05, 0.1) is 12.7 Å². The van der Waals surface area contributed by atoms with E-state index in [9.17, 15) is 29.4 Å². The number of hydrogen-bond donors (Lipinski definition) is 6. The number of nitrogens with one attached hydrogen (secondary N) is 3. The molecule has 2 amide bonds. The van der Waals surface area contributed by atoms with Crippen LogP contribution in [0.5, 0.6) is 0 Å². The van der Waals surface area contributed by atoms with Gasteiger partial charge in [0.15, 0.2) is 18.1 Å². The maximum absolute atomic E-state index is 17.3. The Labute approximate surface area is 295 Å². The zero-order chi connectivity index (χ0) is 36.6. The lowest BCUT2D eigenvalue weighted by Crippen LogP contribution is -2.69. The zero-order valence-corrected chi connectivity index (χ0v) is 30.1. The highest BCUT2D eigenvalue weighted by Gasteiger charge is 2.75. The molecule has 282 valence electrons. The van der Waals surface area contributed by atoms with E-state index in [1.807, 2.05) is 0 Å². The fraction of sp³-hybridized carbons (Fsp3) is 0.784. The van der Waals surface area contributed by atoms with Gasteiger partial charge in [0.2, 0.25) is 5.78 Å². The van der Waals surface area contributed by atoms with Crippen LogP contribution in [0.3, 0.4) is 0 Å². The Bertz CT molecular complexity index is 1300. The summed E-state index contributed by atoms with van der Waals surface area (Å²) in [5.41, 5.74) is -0.150. The van der Waals surface area contributed by atoms with E-state index in [2.05, 4.69) is 16.0 Å². The summed E-state index contributed by atoms with van der Waals surface area (Å²) in [5.74, 6) is -2.44. The average Bonchev–Trinajstić information content (AvgIpc) is 3.28. The van der Waals surface area contributed by atoms with Crippen molar-refractivity contribution in [3.8, 4) is 0 Å². The molecular formula is C37H59FN4O8. The van der Waals surface area contributed by atoms with E-state index in [1.165, 1.54) is 12.2 Å². The van der Waals surface area contributed by atoms with E-state index >= 15 is 4.39 Å². The molecule has 4 rings (SSSR count). The number of allylic oxidation sites excluding steroid dienone is 4. The third kappa shape index (κ3) is 7.95. The number of unbranched alkanes of at least 4 members (excludes halogenated alkanes) is 4. The molecule has 8 atom stereocenters. The molecular weight excluding hydrogens is 647 g/mol. The molecule has 50 heavy (non-hydrogen) atoms. The molecule has 4 aliphatic carbocycles. The van der Waals surface area contributed by atoms with Gasteiger partial charge in [0.1, 0.15) is 5.60 Å². The van der Waals surface area contributed by atoms with Crippen LogP contribution in [0.4, 0.5) is 14.0 Å². The number of fused-ring (bicyclic) bond motifs is 5. The van der Waals surface area contributed by atoms with Crippen molar-refractivity contribution in [3.05, 3.63) is 23.8 Å². The zero-order valence-electron chi connectivity index (χ0n) is 30.1. The number of aliphatic hydroxyl groups excluding tert-OH is 1. The Morgan fingerprint density at radius 1 is 0.960 bits per heavy atom. The van der Waals surface area contributed by atoms with Crippen LogP contribution in [0.1, 0.15) is 91.4 Å². The normalized spacial score (nSPS) is 34.2. The van der Waals surface area contributed by atoms with Gasteiger partial charge in [0, 0.05) is 29.8 Å². The topological polar surface area (TPSA) is 189 Å². The molecule has 0 heterocycles. The molecule has 13 heteroatoms. The number of carbonyl (C=O) groups excluding carboxylic acids is 4. The molecule has 0 aromatic carbocycles. The number of ketones is 2. The number of aliphatic hydroxyl groups is 2. The van der Waals surface area contributed by atoms with Gasteiger partial charge in [0.25, 0.3) is 0 Å². The number of amides is 2. The molecule has 7 N–H and O–H groups in total. The standard InChI is InChI=1S/C37H59FN4O8/c1-25-21-29-28-12-11-26-22-27(43)13-14-34(26,2)36(28,38)30(44)23-35(29,3)37(25,48)31(45)24-50-33(47)41-18-7-4-5-9-20-49-32(46)42-19-10-17-40-16-8-6-15-39/h13-14,22,25,28-30,40,44,48H,4-12,15-21,23-24,39H2,1-3H3,(H,41,47)(H,42,46)/t25-,28?,29?,30?,34?,35?,36+,37+/m1/s1. The van der Waals surface area contributed by atoms with E-state index < -0.39 is 70.5 Å². The number of alkyl halides is 1. The first-order valence-corrected chi connectivity index (χ1v) is 18.5. The molecule has 0 saturated heterocycles. The molecule has 3 saturated carbocycles. The highest BCUT2D eigenvalue weighted by molar-refractivity contribution is 6.01. The maximum atomic E-state index is 17.3. The lowest BCUT2D eigenvalue weighted by Gasteiger charge is -2.62. The summed E-state index contributed by atoms with van der Waals surface area (Å²) in [6.45, 7) is 8.21. The third-order valence-corrected chi connectivity index (χ3v) is 12.2. The van der Waals surface area contributed by atoms with Crippen LogP contribution in [0.2, 0.25) is 0 Å². The fourth-order valence-corrected chi connectivity index (χ4v) is 9.34. The SMILES string of the molecule is C[C@@H]1CC2C3CCC4=CC(=O)C=CC4(C)[C@@]3(F)C(O)CC2(C)[C@@]1(O)C(=O)COC(=O)NCCCCCCOC(=O)NCCCNCCCCN. The summed E-state index contributed by atoms with van der Waals surface area (Å²) in [7, 11) is 0. The first-order valence-electron chi connectivity index (χ1n) is 18.5. The van der Waals surface area contributed by atoms with Crippen molar-refractivity contribution in [2.45, 2.75) is 109 Å². The highest BCUT2D eigenvalue weighted by Crippen LogP contribution is 2.70. The van der Waals surface area contributed by atoms with Crippen LogP contribution >= 0.6 is 0 Å². The molecule has 12 nitrogen and oxygen atoms in total. The molecule has 3 fully saturated rings. The van der Waals surface area contributed by atoms with Gasteiger partial charge in [-0.15, -0.1) is 0 Å². The van der Waals surface area contributed by atoms with Gasteiger partial charge in [-0.1, -0.05) is 31.9 Å². The quantitative estimate of drug-likeness (QED) is 0.115. The smallest absolute Gasteiger partial charge is 0.407 e. The molecule has 5 unspecified atom stereocenters. The maximum Gasteiger partial charge on any atom is 0.407 e. The second-order valence-corrected chi connectivity index (χ2v) is 15.2. The summed E-state index contributed by atoms with van der Waals surface area (Å²) in [4.78, 5) is 49.9. The van der Waals surface area contributed by atoms with Crippen molar-refractivity contribution in [1.29, 1.82) is 0 Å². The van der Waals surface area contributed by atoms with E-state index in [-0.39, 0.29) is 12.2 Å². The summed E-state index contributed by atoms with van der Waals surface area (Å²) >= 11 is 0. The first kappa shape index (κ1) is 39.9. The molecule has 0 bridgehead atoms. The minimum atomic E-state index is -2.06. The van der Waals surface area contributed by atoms with Gasteiger partial charge in [-0.3, -0.25) is 9.59 Å². The lowest BCUT2D eigenvalue weighted by molar-refractivity contribution is -0.219. The number of Topliss-reactive ketones (excluding diaryl/α,β-unsaturated/α-hetero) is 1. The number of hydrogen-bond acceptors (Lipinski definition) is 10. The van der Waals surface area contributed by atoms with Gasteiger partial charge >= 0.3 is 12.2 Å². The summed E-state index contributed by atoms with van der Waals surface area (Å²) in [6.07, 6.45) is 8.67. The number of halogens is 1. The lowest BCUT2D eigenvalue weighted by atomic mass is 9.44. The molecule has 4 aliphatic rings. The van der Waals surface area contributed by atoms with Gasteiger partial charge in [-0.05, 0) is 115 Å². The number of nitrogens with two attached hydrogens (primary N) is 1. The Balaban J connectivity index is 1.15. The van der Waals surface area contributed by atoms with Gasteiger partial charge in [-0.2, -0.15) is 0 Å². The van der Waals surface area contributed by atoms with Crippen molar-refractivity contribution in [2.24, 2.45) is 34.3 Å².